The second-order valence-corrected chi connectivity index (χ2v) is 5.94. The Kier molecular flexibility index (Phi) is 5.99. The van der Waals surface area contributed by atoms with E-state index in [1.54, 1.807) is 6.92 Å². The Morgan fingerprint density at radius 2 is 2.26 bits per heavy atom. The molecule has 1 fully saturated rings. The minimum atomic E-state index is -2.65. The molecule has 0 aromatic heterocycles. The van der Waals surface area contributed by atoms with E-state index >= 15 is 0 Å². The smallest absolute Gasteiger partial charge is 0.165 e. The molecule has 1 saturated heterocycles. The number of hydrogen-bond donors (Lipinski definition) is 4. The lowest BCUT2D eigenvalue weighted by Gasteiger charge is -2.34. The highest BCUT2D eigenvalue weighted by Gasteiger charge is 2.40. The zero-order chi connectivity index (χ0) is 14.6. The number of aldehydes is 1. The monoisotopic (exact) mass is 296 g/mol. The van der Waals surface area contributed by atoms with Gasteiger partial charge in [0.25, 0.3) is 0 Å². The molecule has 0 aliphatic carbocycles. The van der Waals surface area contributed by atoms with Crippen LogP contribution < -0.4 is 5.32 Å². The molecule has 6 atom stereocenters. The highest BCUT2D eigenvalue weighted by molar-refractivity contribution is 7.79. The van der Waals surface area contributed by atoms with E-state index in [4.69, 9.17) is 9.84 Å². The van der Waals surface area contributed by atoms with Gasteiger partial charge in [0, 0.05) is 5.54 Å². The molecule has 1 rings (SSSR count). The summed E-state index contributed by atoms with van der Waals surface area (Å²) in [4.78, 5) is 10.6. The van der Waals surface area contributed by atoms with Crippen molar-refractivity contribution in [3.63, 3.8) is 0 Å². The average Bonchev–Trinajstić information content (AvgIpc) is 2.76. The van der Waals surface area contributed by atoms with Crippen LogP contribution in [0.25, 0.3) is 0 Å². The fourth-order valence-corrected chi connectivity index (χ4v) is 2.91. The number of aliphatic hydroxyl groups is 3. The van der Waals surface area contributed by atoms with Crippen molar-refractivity contribution in [1.82, 2.24) is 5.32 Å². The molecule has 0 bridgehead atoms. The van der Waals surface area contributed by atoms with Crippen LogP contribution in [0, 0.1) is 0 Å². The van der Waals surface area contributed by atoms with E-state index in [-0.39, 0.29) is 13.0 Å². The zero-order valence-electron chi connectivity index (χ0n) is 10.4. The number of hydrogen-bond acceptors (Lipinski definition) is 8. The van der Waals surface area contributed by atoms with Gasteiger partial charge in [0.15, 0.2) is 12.5 Å². The fraction of sp³-hybridized carbons (Fsp3) is 0.900. The molecule has 0 saturated carbocycles. The minimum absolute atomic E-state index is 0.0638. The van der Waals surface area contributed by atoms with Crippen molar-refractivity contribution in [3.05, 3.63) is 0 Å². The summed E-state index contributed by atoms with van der Waals surface area (Å²) in [5.41, 5.74) is -0.813. The maximum absolute atomic E-state index is 11.2. The molecule has 0 amide bonds. The van der Waals surface area contributed by atoms with Gasteiger partial charge in [0.2, 0.25) is 0 Å². The number of aliphatic hydroxyl groups excluding tert-OH is 3. The van der Waals surface area contributed by atoms with Gasteiger partial charge in [-0.25, -0.2) is 0 Å². The third-order valence-electron chi connectivity index (χ3n) is 3.06. The Labute approximate surface area is 113 Å². The first-order valence-electron chi connectivity index (χ1n) is 5.72. The molecular weight excluding hydrogens is 278 g/mol. The average molecular weight is 296 g/mol. The lowest BCUT2D eigenvalue weighted by molar-refractivity contribution is -0.116. The quantitative estimate of drug-likeness (QED) is 0.293. The Morgan fingerprint density at radius 1 is 1.63 bits per heavy atom. The number of carbonyl (C=O) groups is 1. The normalized spacial score (nSPS) is 33.6. The van der Waals surface area contributed by atoms with E-state index in [1.807, 2.05) is 0 Å². The van der Waals surface area contributed by atoms with Gasteiger partial charge in [-0.2, -0.15) is 0 Å². The lowest BCUT2D eigenvalue weighted by atomic mass is 9.93. The topological polar surface area (TPSA) is 139 Å². The van der Waals surface area contributed by atoms with Crippen LogP contribution in [-0.4, -0.2) is 72.8 Å². The summed E-state index contributed by atoms with van der Waals surface area (Å²) in [6, 6.07) is 0. The Balaban J connectivity index is 2.74. The maximum atomic E-state index is 11.2. The van der Waals surface area contributed by atoms with Crippen LogP contribution in [0.15, 0.2) is 0 Å². The van der Waals surface area contributed by atoms with Crippen LogP contribution in [0.1, 0.15) is 13.3 Å². The first-order chi connectivity index (χ1) is 8.83. The first-order valence-corrected chi connectivity index (χ1v) is 6.86. The van der Waals surface area contributed by atoms with Gasteiger partial charge in [0.1, 0.15) is 6.10 Å². The standard InChI is InChI=1S/C10H19NO7S/c1-10(5-18-8(4-13)11-10)2-7(19(16)17)9(15)6(14)3-12/h4,6-9,11-12,14-15H,2-3,5H2,1H3,(H,16,17)/p-1. The van der Waals surface area contributed by atoms with Gasteiger partial charge < -0.3 is 24.6 Å². The molecule has 9 heteroatoms. The highest BCUT2D eigenvalue weighted by atomic mass is 32.2. The van der Waals surface area contributed by atoms with Gasteiger partial charge in [0.05, 0.1) is 24.6 Å². The second kappa shape index (κ2) is 6.84. The van der Waals surface area contributed by atoms with E-state index < -0.39 is 46.9 Å². The van der Waals surface area contributed by atoms with E-state index in [1.165, 1.54) is 0 Å². The van der Waals surface area contributed by atoms with Crippen LogP contribution in [-0.2, 0) is 20.6 Å². The third kappa shape index (κ3) is 4.28. The Hall–Kier alpha value is -0.420. The molecule has 6 unspecified atom stereocenters. The molecule has 1 aliphatic heterocycles. The number of ether oxygens (including phenoxy) is 1. The van der Waals surface area contributed by atoms with Gasteiger partial charge in [-0.15, -0.1) is 0 Å². The Bertz CT molecular complexity index is 342. The van der Waals surface area contributed by atoms with Crippen LogP contribution in [0.2, 0.25) is 0 Å². The number of rotatable bonds is 7. The molecule has 1 heterocycles. The summed E-state index contributed by atoms with van der Waals surface area (Å²) < 4.78 is 27.4. The van der Waals surface area contributed by atoms with E-state index in [0.29, 0.717) is 6.29 Å². The van der Waals surface area contributed by atoms with Gasteiger partial charge in [-0.05, 0) is 24.4 Å². The number of nitrogens with one attached hydrogen (secondary N) is 1. The summed E-state index contributed by atoms with van der Waals surface area (Å²) in [7, 11) is 0. The molecule has 19 heavy (non-hydrogen) atoms. The molecule has 1 aliphatic rings. The van der Waals surface area contributed by atoms with Crippen molar-refractivity contribution in [2.45, 2.75) is 42.6 Å². The van der Waals surface area contributed by atoms with E-state index in [9.17, 15) is 23.8 Å². The highest BCUT2D eigenvalue weighted by Crippen LogP contribution is 2.24. The molecule has 4 N–H and O–H groups in total. The minimum Gasteiger partial charge on any atom is -0.772 e. The molecular formula is C10H18NO7S-. The molecule has 0 aromatic rings. The second-order valence-electron chi connectivity index (χ2n) is 4.82. The van der Waals surface area contributed by atoms with Crippen LogP contribution in [0.5, 0.6) is 0 Å². The van der Waals surface area contributed by atoms with Gasteiger partial charge >= 0.3 is 0 Å². The van der Waals surface area contributed by atoms with Gasteiger partial charge in [-0.1, -0.05) is 0 Å². The fourth-order valence-electron chi connectivity index (χ4n) is 1.99. The predicted octanol–water partition coefficient (Wildman–Crippen LogP) is -2.76. The van der Waals surface area contributed by atoms with Crippen LogP contribution in [0.3, 0.4) is 0 Å². The van der Waals surface area contributed by atoms with E-state index in [0.717, 1.165) is 0 Å². The van der Waals surface area contributed by atoms with Crippen molar-refractivity contribution >= 4 is 17.4 Å². The number of carbonyl (C=O) groups excluding carboxylic acids is 1. The maximum Gasteiger partial charge on any atom is 0.165 e. The SMILES string of the molecule is CC1(CC(C(O)C(O)CO)S(=O)[O-])COC(C=O)N1. The van der Waals surface area contributed by atoms with Gasteiger partial charge in [-0.3, -0.25) is 14.3 Å². The van der Waals surface area contributed by atoms with Crippen molar-refractivity contribution in [1.29, 1.82) is 0 Å². The van der Waals surface area contributed by atoms with Crippen molar-refractivity contribution in [2.24, 2.45) is 0 Å². The molecule has 8 nitrogen and oxygen atoms in total. The summed E-state index contributed by atoms with van der Waals surface area (Å²) in [6.45, 7) is 1.01. The summed E-state index contributed by atoms with van der Waals surface area (Å²) in [5.74, 6) is 0. The molecule has 0 aromatic carbocycles. The molecule has 0 radical (unpaired) electrons. The zero-order valence-corrected chi connectivity index (χ0v) is 11.2. The van der Waals surface area contributed by atoms with Crippen molar-refractivity contribution in [2.75, 3.05) is 13.2 Å². The Morgan fingerprint density at radius 3 is 2.68 bits per heavy atom. The summed E-state index contributed by atoms with van der Waals surface area (Å²) in [6.07, 6.45) is -3.49. The molecule has 112 valence electrons. The van der Waals surface area contributed by atoms with Crippen LogP contribution >= 0.6 is 0 Å². The summed E-state index contributed by atoms with van der Waals surface area (Å²) >= 11 is -2.65. The van der Waals surface area contributed by atoms with Crippen LogP contribution in [0.4, 0.5) is 0 Å². The predicted molar refractivity (Wildman–Crippen MR) is 63.8 cm³/mol. The third-order valence-corrected chi connectivity index (χ3v) is 4.00. The first kappa shape index (κ1) is 16.6. The summed E-state index contributed by atoms with van der Waals surface area (Å²) in [5, 5.41) is 29.3. The van der Waals surface area contributed by atoms with Crippen molar-refractivity contribution < 1.29 is 33.6 Å². The van der Waals surface area contributed by atoms with Crippen molar-refractivity contribution in [3.8, 4) is 0 Å². The lowest BCUT2D eigenvalue weighted by Crippen LogP contribution is -2.51. The molecule has 0 spiro atoms. The van der Waals surface area contributed by atoms with E-state index in [2.05, 4.69) is 5.32 Å². The largest absolute Gasteiger partial charge is 0.772 e.